The van der Waals surface area contributed by atoms with E-state index in [1.54, 1.807) is 28.0 Å². The Morgan fingerprint density at radius 1 is 1.47 bits per heavy atom. The first kappa shape index (κ1) is 9.73. The van der Waals surface area contributed by atoms with Crippen LogP contribution < -0.4 is 0 Å². The van der Waals surface area contributed by atoms with Crippen LogP contribution >= 0.6 is 11.3 Å². The monoisotopic (exact) mass is 219 g/mol. The molecule has 2 heterocycles. The first-order chi connectivity index (χ1) is 7.24. The number of hydrogen-bond donors (Lipinski definition) is 1. The molecule has 2 aromatic rings. The second-order valence-corrected chi connectivity index (χ2v) is 3.89. The van der Waals surface area contributed by atoms with Crippen LogP contribution in [0.1, 0.15) is 10.5 Å². The zero-order valence-electron chi connectivity index (χ0n) is 7.88. The predicted octanol–water partition coefficient (Wildman–Crippen LogP) is 3.02. The molecule has 2 aromatic heterocycles. The third-order valence-electron chi connectivity index (χ3n) is 2.09. The molecule has 2 rings (SSSR count). The van der Waals surface area contributed by atoms with Crippen molar-refractivity contribution in [3.63, 3.8) is 0 Å². The van der Waals surface area contributed by atoms with E-state index >= 15 is 0 Å². The highest BCUT2D eigenvalue weighted by molar-refractivity contribution is 7.13. The Bertz CT molecular complexity index is 497. The van der Waals surface area contributed by atoms with Crippen LogP contribution in [0.4, 0.5) is 0 Å². The highest BCUT2D eigenvalue weighted by atomic mass is 32.1. The van der Waals surface area contributed by atoms with Gasteiger partial charge in [-0.1, -0.05) is 12.6 Å². The number of carboxylic acids is 1. The molecule has 0 saturated carbocycles. The number of aromatic nitrogens is 1. The van der Waals surface area contributed by atoms with Crippen LogP contribution in [0.25, 0.3) is 16.8 Å². The molecule has 0 aliphatic rings. The number of rotatable bonds is 3. The van der Waals surface area contributed by atoms with Gasteiger partial charge in [0, 0.05) is 6.20 Å². The van der Waals surface area contributed by atoms with Gasteiger partial charge in [-0.05, 0) is 23.6 Å². The van der Waals surface area contributed by atoms with Crippen molar-refractivity contribution < 1.29 is 9.90 Å². The largest absolute Gasteiger partial charge is 0.477 e. The summed E-state index contributed by atoms with van der Waals surface area (Å²) in [6, 6.07) is 7.25. The van der Waals surface area contributed by atoms with E-state index in [1.165, 1.54) is 6.20 Å². The maximum absolute atomic E-state index is 10.9. The molecule has 15 heavy (non-hydrogen) atoms. The van der Waals surface area contributed by atoms with Crippen molar-refractivity contribution in [1.82, 2.24) is 4.57 Å². The number of carbonyl (C=O) groups is 1. The molecule has 0 spiro atoms. The van der Waals surface area contributed by atoms with E-state index in [9.17, 15) is 4.79 Å². The van der Waals surface area contributed by atoms with Gasteiger partial charge in [0.25, 0.3) is 0 Å². The summed E-state index contributed by atoms with van der Waals surface area (Å²) >= 11 is 1.57. The van der Waals surface area contributed by atoms with Gasteiger partial charge >= 0.3 is 5.97 Å². The van der Waals surface area contributed by atoms with Crippen molar-refractivity contribution in [1.29, 1.82) is 0 Å². The Balaban J connectivity index is 2.59. The van der Waals surface area contributed by atoms with Gasteiger partial charge in [0.05, 0.1) is 10.6 Å². The summed E-state index contributed by atoms with van der Waals surface area (Å²) in [7, 11) is 0. The molecule has 0 aromatic carbocycles. The molecule has 1 N–H and O–H groups in total. The Kier molecular flexibility index (Phi) is 2.43. The third kappa shape index (κ3) is 1.59. The second kappa shape index (κ2) is 3.74. The maximum Gasteiger partial charge on any atom is 0.352 e. The minimum atomic E-state index is -0.947. The lowest BCUT2D eigenvalue weighted by Gasteiger charge is -2.03. The summed E-state index contributed by atoms with van der Waals surface area (Å²) < 4.78 is 1.58. The van der Waals surface area contributed by atoms with Gasteiger partial charge in [-0.25, -0.2) is 4.79 Å². The maximum atomic E-state index is 10.9. The average molecular weight is 219 g/mol. The lowest BCUT2D eigenvalue weighted by atomic mass is 10.3. The van der Waals surface area contributed by atoms with E-state index < -0.39 is 5.97 Å². The van der Waals surface area contributed by atoms with Crippen molar-refractivity contribution >= 4 is 23.5 Å². The minimum absolute atomic E-state index is 0.230. The normalized spacial score (nSPS) is 10.1. The summed E-state index contributed by atoms with van der Waals surface area (Å²) in [6.07, 6.45) is 1.51. The van der Waals surface area contributed by atoms with Gasteiger partial charge in [-0.15, -0.1) is 11.3 Å². The van der Waals surface area contributed by atoms with E-state index in [0.29, 0.717) is 0 Å². The van der Waals surface area contributed by atoms with Crippen LogP contribution in [0.3, 0.4) is 0 Å². The second-order valence-electron chi connectivity index (χ2n) is 2.94. The molecule has 0 bridgehead atoms. The molecule has 0 fully saturated rings. The van der Waals surface area contributed by atoms with Crippen LogP contribution in [0.15, 0.2) is 36.2 Å². The van der Waals surface area contributed by atoms with Gasteiger partial charge < -0.3 is 9.67 Å². The molecular formula is C11H9NO2S. The molecule has 0 saturated heterocycles. The summed E-state index contributed by atoms with van der Waals surface area (Å²) in [6.45, 7) is 3.62. The smallest absolute Gasteiger partial charge is 0.352 e. The molecule has 0 aliphatic carbocycles. The van der Waals surface area contributed by atoms with Crippen molar-refractivity contribution in [3.8, 4) is 10.6 Å². The predicted molar refractivity (Wildman–Crippen MR) is 61.1 cm³/mol. The Morgan fingerprint density at radius 3 is 2.80 bits per heavy atom. The third-order valence-corrected chi connectivity index (χ3v) is 2.99. The summed E-state index contributed by atoms with van der Waals surface area (Å²) in [4.78, 5) is 11.9. The highest BCUT2D eigenvalue weighted by Gasteiger charge is 2.13. The fraction of sp³-hybridized carbons (Fsp3) is 0. The zero-order valence-corrected chi connectivity index (χ0v) is 8.70. The lowest BCUT2D eigenvalue weighted by Crippen LogP contribution is -2.03. The van der Waals surface area contributed by atoms with Crippen molar-refractivity contribution in [2.24, 2.45) is 0 Å². The van der Waals surface area contributed by atoms with Crippen molar-refractivity contribution in [3.05, 3.63) is 41.9 Å². The highest BCUT2D eigenvalue weighted by Crippen LogP contribution is 2.27. The fourth-order valence-electron chi connectivity index (χ4n) is 1.44. The SMILES string of the molecule is C=Cn1c(C(=O)O)ccc1-c1cccs1. The number of nitrogens with zero attached hydrogens (tertiary/aromatic N) is 1. The molecule has 0 radical (unpaired) electrons. The van der Waals surface area contributed by atoms with Gasteiger partial charge in [-0.2, -0.15) is 0 Å². The van der Waals surface area contributed by atoms with E-state index in [4.69, 9.17) is 5.11 Å². The minimum Gasteiger partial charge on any atom is -0.477 e. The molecule has 4 heteroatoms. The molecule has 0 amide bonds. The van der Waals surface area contributed by atoms with Gasteiger partial charge in [-0.3, -0.25) is 0 Å². The number of aromatic carboxylic acids is 1. The van der Waals surface area contributed by atoms with Crippen LogP contribution in [0.5, 0.6) is 0 Å². The molecule has 3 nitrogen and oxygen atoms in total. The van der Waals surface area contributed by atoms with E-state index in [2.05, 4.69) is 6.58 Å². The number of hydrogen-bond acceptors (Lipinski definition) is 2. The summed E-state index contributed by atoms with van der Waals surface area (Å²) in [5, 5.41) is 10.9. The van der Waals surface area contributed by atoms with E-state index in [1.807, 2.05) is 17.5 Å². The lowest BCUT2D eigenvalue weighted by molar-refractivity contribution is 0.0689. The van der Waals surface area contributed by atoms with Crippen LogP contribution in [0, 0.1) is 0 Å². The molecule has 0 aliphatic heterocycles. The number of carboxylic acid groups (broad SMARTS) is 1. The quantitative estimate of drug-likeness (QED) is 0.862. The van der Waals surface area contributed by atoms with Crippen molar-refractivity contribution in [2.75, 3.05) is 0 Å². The summed E-state index contributed by atoms with van der Waals surface area (Å²) in [5.41, 5.74) is 1.09. The van der Waals surface area contributed by atoms with Gasteiger partial charge in [0.15, 0.2) is 0 Å². The fourth-order valence-corrected chi connectivity index (χ4v) is 2.19. The standard InChI is InChI=1S/C11H9NO2S/c1-2-12-8(10-4-3-7-15-10)5-6-9(12)11(13)14/h2-7H,1H2,(H,13,14). The average Bonchev–Trinajstić information content (AvgIpc) is 2.85. The van der Waals surface area contributed by atoms with Gasteiger partial charge in [0.2, 0.25) is 0 Å². The number of thiophene rings is 1. The topological polar surface area (TPSA) is 42.2 Å². The Hall–Kier alpha value is -1.81. The van der Waals surface area contributed by atoms with Crippen LogP contribution in [-0.2, 0) is 0 Å². The van der Waals surface area contributed by atoms with E-state index in [0.717, 1.165) is 10.6 Å². The first-order valence-electron chi connectivity index (χ1n) is 4.35. The van der Waals surface area contributed by atoms with Crippen molar-refractivity contribution in [2.45, 2.75) is 0 Å². The summed E-state index contributed by atoms with van der Waals surface area (Å²) in [5.74, 6) is -0.947. The first-order valence-corrected chi connectivity index (χ1v) is 5.23. The Labute approximate surface area is 90.9 Å². The van der Waals surface area contributed by atoms with Crippen LogP contribution in [0.2, 0.25) is 0 Å². The molecule has 76 valence electrons. The zero-order chi connectivity index (χ0) is 10.8. The van der Waals surface area contributed by atoms with Crippen LogP contribution in [-0.4, -0.2) is 15.6 Å². The molecule has 0 unspecified atom stereocenters. The van der Waals surface area contributed by atoms with Gasteiger partial charge in [0.1, 0.15) is 5.69 Å². The molecular weight excluding hydrogens is 210 g/mol. The Morgan fingerprint density at radius 2 is 2.27 bits per heavy atom. The van der Waals surface area contributed by atoms with E-state index in [-0.39, 0.29) is 5.69 Å². The molecule has 0 atom stereocenters.